The molecule has 0 saturated heterocycles. The van der Waals surface area contributed by atoms with Gasteiger partial charge in [-0.3, -0.25) is 0 Å². The van der Waals surface area contributed by atoms with E-state index in [2.05, 4.69) is 41.6 Å². The van der Waals surface area contributed by atoms with E-state index in [1.807, 2.05) is 25.3 Å². The van der Waals surface area contributed by atoms with Crippen LogP contribution in [0.4, 0.5) is 4.79 Å². The maximum atomic E-state index is 12.0. The molecule has 0 saturated carbocycles. The summed E-state index contributed by atoms with van der Waals surface area (Å²) < 4.78 is 1.96. The Hall–Kier alpha value is -1.59. The van der Waals surface area contributed by atoms with Crippen LogP contribution in [-0.4, -0.2) is 32.9 Å². The SMILES string of the molecule is CCc1nncn1CCNC(=O)NC(C)(C)CC(C)(C)C. The third-order valence-electron chi connectivity index (χ3n) is 3.07. The number of aryl methyl sites for hydroxylation is 1. The molecule has 1 rings (SSSR count). The van der Waals surface area contributed by atoms with Crippen molar-refractivity contribution in [2.24, 2.45) is 5.41 Å². The molecule has 0 radical (unpaired) electrons. The summed E-state index contributed by atoms with van der Waals surface area (Å²) in [6.07, 6.45) is 3.45. The maximum Gasteiger partial charge on any atom is 0.315 e. The van der Waals surface area contributed by atoms with Gasteiger partial charge in [0.1, 0.15) is 12.2 Å². The molecule has 0 aliphatic carbocycles. The van der Waals surface area contributed by atoms with Gasteiger partial charge < -0.3 is 15.2 Å². The Kier molecular flexibility index (Phi) is 5.75. The van der Waals surface area contributed by atoms with Crippen molar-refractivity contribution >= 4 is 6.03 Å². The van der Waals surface area contributed by atoms with Crippen molar-refractivity contribution in [3.8, 4) is 0 Å². The van der Waals surface area contributed by atoms with Crippen LogP contribution in [0.3, 0.4) is 0 Å². The van der Waals surface area contributed by atoms with Crippen molar-refractivity contribution in [2.75, 3.05) is 6.54 Å². The fourth-order valence-corrected chi connectivity index (χ4v) is 2.75. The lowest BCUT2D eigenvalue weighted by Crippen LogP contribution is -2.50. The molecule has 120 valence electrons. The van der Waals surface area contributed by atoms with Crippen LogP contribution in [0.5, 0.6) is 0 Å². The van der Waals surface area contributed by atoms with Crippen LogP contribution < -0.4 is 10.6 Å². The van der Waals surface area contributed by atoms with Gasteiger partial charge in [-0.2, -0.15) is 0 Å². The smallest absolute Gasteiger partial charge is 0.315 e. The quantitative estimate of drug-likeness (QED) is 0.846. The molecule has 2 N–H and O–H groups in total. The van der Waals surface area contributed by atoms with E-state index >= 15 is 0 Å². The van der Waals surface area contributed by atoms with E-state index in [0.717, 1.165) is 18.7 Å². The van der Waals surface area contributed by atoms with Gasteiger partial charge >= 0.3 is 6.03 Å². The fourth-order valence-electron chi connectivity index (χ4n) is 2.75. The molecule has 1 heterocycles. The Labute approximate surface area is 127 Å². The lowest BCUT2D eigenvalue weighted by Gasteiger charge is -2.33. The number of carbonyl (C=O) groups excluding carboxylic acids is 1. The average molecular weight is 295 g/mol. The number of nitrogens with one attached hydrogen (secondary N) is 2. The monoisotopic (exact) mass is 295 g/mol. The number of urea groups is 1. The van der Waals surface area contributed by atoms with Gasteiger partial charge in [-0.1, -0.05) is 27.7 Å². The first kappa shape index (κ1) is 17.5. The number of amides is 2. The summed E-state index contributed by atoms with van der Waals surface area (Å²) in [4.78, 5) is 12.0. The molecule has 0 aromatic carbocycles. The minimum Gasteiger partial charge on any atom is -0.336 e. The lowest BCUT2D eigenvalue weighted by atomic mass is 9.82. The number of hydrogen-bond donors (Lipinski definition) is 2. The molecular weight excluding hydrogens is 266 g/mol. The highest BCUT2D eigenvalue weighted by Crippen LogP contribution is 2.26. The zero-order chi connectivity index (χ0) is 16.1. The zero-order valence-electron chi connectivity index (χ0n) is 14.2. The first-order valence-corrected chi connectivity index (χ1v) is 7.56. The Bertz CT molecular complexity index is 459. The second kappa shape index (κ2) is 6.91. The summed E-state index contributed by atoms with van der Waals surface area (Å²) in [6, 6.07) is -0.129. The predicted octanol–water partition coefficient (Wildman–Crippen LogP) is 2.35. The van der Waals surface area contributed by atoms with Crippen LogP contribution in [0, 0.1) is 5.41 Å². The van der Waals surface area contributed by atoms with Crippen LogP contribution in [0.15, 0.2) is 6.33 Å². The van der Waals surface area contributed by atoms with Crippen molar-refractivity contribution in [3.05, 3.63) is 12.2 Å². The number of carbonyl (C=O) groups is 1. The van der Waals surface area contributed by atoms with Crippen molar-refractivity contribution < 1.29 is 4.79 Å². The largest absolute Gasteiger partial charge is 0.336 e. The molecule has 0 bridgehead atoms. The van der Waals surface area contributed by atoms with Gasteiger partial charge in [0, 0.05) is 25.0 Å². The standard InChI is InChI=1S/C15H29N5O/c1-7-12-19-17-11-20(12)9-8-16-13(21)18-15(5,6)10-14(2,3)4/h11H,7-10H2,1-6H3,(H2,16,18,21). The fraction of sp³-hybridized carbons (Fsp3) is 0.800. The van der Waals surface area contributed by atoms with Gasteiger partial charge in [-0.15, -0.1) is 10.2 Å². The van der Waals surface area contributed by atoms with Crippen LogP contribution in [0.2, 0.25) is 0 Å². The van der Waals surface area contributed by atoms with Crippen LogP contribution in [0.1, 0.15) is 53.8 Å². The summed E-state index contributed by atoms with van der Waals surface area (Å²) in [5.74, 6) is 0.935. The van der Waals surface area contributed by atoms with Crippen molar-refractivity contribution in [2.45, 2.75) is 66.5 Å². The molecule has 21 heavy (non-hydrogen) atoms. The molecular formula is C15H29N5O. The van der Waals surface area contributed by atoms with Crippen LogP contribution in [0.25, 0.3) is 0 Å². The van der Waals surface area contributed by atoms with E-state index < -0.39 is 0 Å². The second-order valence-electron chi connectivity index (χ2n) is 7.30. The van der Waals surface area contributed by atoms with Gasteiger partial charge in [-0.05, 0) is 25.7 Å². The van der Waals surface area contributed by atoms with Crippen LogP contribution >= 0.6 is 0 Å². The van der Waals surface area contributed by atoms with Gasteiger partial charge in [0.25, 0.3) is 0 Å². The zero-order valence-corrected chi connectivity index (χ0v) is 14.2. The molecule has 1 aromatic heterocycles. The van der Waals surface area contributed by atoms with Crippen LogP contribution in [-0.2, 0) is 13.0 Å². The highest BCUT2D eigenvalue weighted by molar-refractivity contribution is 5.74. The summed E-state index contributed by atoms with van der Waals surface area (Å²) in [6.45, 7) is 13.9. The Morgan fingerprint density at radius 1 is 1.29 bits per heavy atom. The van der Waals surface area contributed by atoms with Crippen molar-refractivity contribution in [1.29, 1.82) is 0 Å². The second-order valence-corrected chi connectivity index (χ2v) is 7.30. The first-order valence-electron chi connectivity index (χ1n) is 7.56. The topological polar surface area (TPSA) is 71.8 Å². The normalized spacial score (nSPS) is 12.3. The summed E-state index contributed by atoms with van der Waals surface area (Å²) >= 11 is 0. The lowest BCUT2D eigenvalue weighted by molar-refractivity contribution is 0.210. The Balaban J connectivity index is 2.37. The number of hydrogen-bond acceptors (Lipinski definition) is 3. The summed E-state index contributed by atoms with van der Waals surface area (Å²) in [5, 5.41) is 13.8. The maximum absolute atomic E-state index is 12.0. The third kappa shape index (κ3) is 6.60. The number of aromatic nitrogens is 3. The molecule has 0 atom stereocenters. The Morgan fingerprint density at radius 2 is 1.95 bits per heavy atom. The molecule has 0 fully saturated rings. The van der Waals surface area contributed by atoms with Gasteiger partial charge in [0.2, 0.25) is 0 Å². The minimum absolute atomic E-state index is 0.129. The molecule has 2 amide bonds. The first-order chi connectivity index (χ1) is 9.63. The van der Waals surface area contributed by atoms with E-state index in [9.17, 15) is 4.79 Å². The Morgan fingerprint density at radius 3 is 2.52 bits per heavy atom. The van der Waals surface area contributed by atoms with Crippen molar-refractivity contribution in [3.63, 3.8) is 0 Å². The highest BCUT2D eigenvalue weighted by Gasteiger charge is 2.26. The number of nitrogens with zero attached hydrogens (tertiary/aromatic N) is 3. The van der Waals surface area contributed by atoms with E-state index in [0.29, 0.717) is 13.1 Å². The molecule has 0 aliphatic rings. The van der Waals surface area contributed by atoms with E-state index in [1.54, 1.807) is 6.33 Å². The summed E-state index contributed by atoms with van der Waals surface area (Å²) in [5.41, 5.74) is -0.0528. The van der Waals surface area contributed by atoms with Gasteiger partial charge in [0.05, 0.1) is 0 Å². The molecule has 6 nitrogen and oxygen atoms in total. The molecule has 6 heteroatoms. The van der Waals surface area contributed by atoms with Gasteiger partial charge in [-0.25, -0.2) is 4.79 Å². The highest BCUT2D eigenvalue weighted by atomic mass is 16.2. The molecule has 0 spiro atoms. The summed E-state index contributed by atoms with van der Waals surface area (Å²) in [7, 11) is 0. The van der Waals surface area contributed by atoms with E-state index in [4.69, 9.17) is 0 Å². The predicted molar refractivity (Wildman–Crippen MR) is 84.1 cm³/mol. The third-order valence-corrected chi connectivity index (χ3v) is 3.07. The molecule has 0 aliphatic heterocycles. The number of rotatable bonds is 6. The van der Waals surface area contributed by atoms with E-state index in [-0.39, 0.29) is 17.0 Å². The average Bonchev–Trinajstić information content (AvgIpc) is 2.72. The van der Waals surface area contributed by atoms with E-state index in [1.165, 1.54) is 0 Å². The molecule has 1 aromatic rings. The molecule has 0 unspecified atom stereocenters. The van der Waals surface area contributed by atoms with Gasteiger partial charge in [0.15, 0.2) is 0 Å². The minimum atomic E-state index is -0.229. The van der Waals surface area contributed by atoms with Crippen molar-refractivity contribution in [1.82, 2.24) is 25.4 Å².